The third-order valence-corrected chi connectivity index (χ3v) is 5.47. The number of amides is 3. The van der Waals surface area contributed by atoms with Gasteiger partial charge in [-0.05, 0) is 37.0 Å². The molecule has 2 aromatic carbocycles. The number of Topliss-reactive ketones (excluding diaryl/α,β-unsaturated/α-hetero) is 1. The largest absolute Gasteiger partial charge is 1.00 e. The quantitative estimate of drug-likeness (QED) is 0.382. The van der Waals surface area contributed by atoms with Crippen LogP contribution in [0.3, 0.4) is 0 Å². The van der Waals surface area contributed by atoms with Gasteiger partial charge in [0, 0.05) is 18.8 Å². The zero-order valence-corrected chi connectivity index (χ0v) is 21.8. The van der Waals surface area contributed by atoms with E-state index in [4.69, 9.17) is 0 Å². The molecule has 2 aromatic rings. The summed E-state index contributed by atoms with van der Waals surface area (Å²) in [5, 5.41) is 14.4. The zero-order valence-electron chi connectivity index (χ0n) is 20.8. The van der Waals surface area contributed by atoms with Crippen molar-refractivity contribution in [2.45, 2.75) is 38.8 Å². The second-order valence-electron chi connectivity index (χ2n) is 8.23. The minimum atomic E-state index is -1.35. The van der Waals surface area contributed by atoms with E-state index in [1.54, 1.807) is 13.0 Å². The molecule has 0 spiro atoms. The number of benzene rings is 2. The number of ketones is 1. The summed E-state index contributed by atoms with van der Waals surface area (Å²) in [6.07, 6.45) is 1.71. The first-order valence-electron chi connectivity index (χ1n) is 10.6. The Labute approximate surface area is 222 Å². The molecule has 1 aliphatic heterocycles. The van der Waals surface area contributed by atoms with Gasteiger partial charge in [0.1, 0.15) is 0 Å². The van der Waals surface area contributed by atoms with Crippen LogP contribution in [0.25, 0.3) is 0 Å². The van der Waals surface area contributed by atoms with Crippen LogP contribution >= 0.6 is 0 Å². The molecule has 0 saturated heterocycles. The fourth-order valence-electron chi connectivity index (χ4n) is 3.71. The standard InChI is InChI=1S/C25H27N3O5.Na.H/c1-15-7-9-17(10-8-15)11-18-5-4-6-19(12-18)20(13-21(29)30)26-25(33)27-22-23(31)16(2)14-28(3)24(22)32;;/h4-10,12,14,20,22H,11,13H2,1-3H3,(H,29,30)(H2,26,27,33);;/q;+1;-1. The van der Waals surface area contributed by atoms with Gasteiger partial charge in [-0.25, -0.2) is 4.79 Å². The molecule has 0 aliphatic carbocycles. The molecule has 9 heteroatoms. The molecule has 0 aromatic heterocycles. The van der Waals surface area contributed by atoms with Crippen LogP contribution in [0.2, 0.25) is 0 Å². The van der Waals surface area contributed by atoms with Gasteiger partial charge in [-0.15, -0.1) is 0 Å². The smallest absolute Gasteiger partial charge is 1.00 e. The molecular formula is C25H28N3NaO5. The van der Waals surface area contributed by atoms with Gasteiger partial charge in [0.25, 0.3) is 5.91 Å². The van der Waals surface area contributed by atoms with Crippen LogP contribution in [-0.4, -0.2) is 46.8 Å². The van der Waals surface area contributed by atoms with Crippen LogP contribution < -0.4 is 40.2 Å². The molecule has 2 unspecified atom stereocenters. The van der Waals surface area contributed by atoms with Crippen LogP contribution in [-0.2, 0) is 20.8 Å². The van der Waals surface area contributed by atoms with Crippen LogP contribution in [0.5, 0.6) is 0 Å². The first-order chi connectivity index (χ1) is 15.6. The van der Waals surface area contributed by atoms with Gasteiger partial charge in [0.2, 0.25) is 0 Å². The van der Waals surface area contributed by atoms with Gasteiger partial charge in [-0.3, -0.25) is 14.4 Å². The number of aryl methyl sites for hydroxylation is 1. The van der Waals surface area contributed by atoms with E-state index in [2.05, 4.69) is 10.6 Å². The second kappa shape index (κ2) is 12.0. The van der Waals surface area contributed by atoms with E-state index < -0.39 is 35.8 Å². The van der Waals surface area contributed by atoms with Gasteiger partial charge in [-0.2, -0.15) is 0 Å². The molecule has 0 radical (unpaired) electrons. The minimum Gasteiger partial charge on any atom is -1.00 e. The van der Waals surface area contributed by atoms with Crippen LogP contribution in [0.4, 0.5) is 4.79 Å². The summed E-state index contributed by atoms with van der Waals surface area (Å²) < 4.78 is 0. The van der Waals surface area contributed by atoms with Gasteiger partial charge < -0.3 is 22.1 Å². The molecule has 1 aliphatic rings. The average Bonchev–Trinajstić information content (AvgIpc) is 2.76. The number of carbonyl (C=O) groups excluding carboxylic acids is 3. The third-order valence-electron chi connectivity index (χ3n) is 5.47. The maximum atomic E-state index is 12.6. The molecule has 0 saturated carbocycles. The predicted octanol–water partition coefficient (Wildman–Crippen LogP) is -0.169. The van der Waals surface area contributed by atoms with E-state index in [1.807, 2.05) is 49.4 Å². The number of hydrogen-bond donors (Lipinski definition) is 3. The number of carboxylic acids is 1. The summed E-state index contributed by atoms with van der Waals surface area (Å²) in [5.41, 5.74) is 4.20. The van der Waals surface area contributed by atoms with Crippen molar-refractivity contribution in [1.82, 2.24) is 15.5 Å². The number of nitrogens with one attached hydrogen (secondary N) is 2. The molecule has 2 atom stereocenters. The summed E-state index contributed by atoms with van der Waals surface area (Å²) >= 11 is 0. The van der Waals surface area contributed by atoms with Crippen LogP contribution in [0.15, 0.2) is 60.3 Å². The van der Waals surface area contributed by atoms with Gasteiger partial charge in [-0.1, -0.05) is 54.1 Å². The van der Waals surface area contributed by atoms with E-state index >= 15 is 0 Å². The Bertz CT molecular complexity index is 1120. The van der Waals surface area contributed by atoms with Crippen molar-refractivity contribution >= 4 is 23.7 Å². The molecule has 0 bridgehead atoms. The summed E-state index contributed by atoms with van der Waals surface area (Å²) in [6.45, 7) is 3.58. The number of nitrogens with zero attached hydrogens (tertiary/aromatic N) is 1. The molecule has 3 amide bonds. The molecule has 3 N–H and O–H groups in total. The van der Waals surface area contributed by atoms with Gasteiger partial charge in [0.15, 0.2) is 11.8 Å². The Kier molecular flexibility index (Phi) is 9.61. The number of aliphatic carboxylic acids is 1. The Balaban J connectivity index is 0.00000306. The summed E-state index contributed by atoms with van der Waals surface area (Å²) in [4.78, 5) is 50.0. The molecule has 34 heavy (non-hydrogen) atoms. The number of carboxylic acid groups (broad SMARTS) is 1. The Morgan fingerprint density at radius 1 is 1.09 bits per heavy atom. The van der Waals surface area contributed by atoms with Crippen molar-refractivity contribution in [3.8, 4) is 0 Å². The van der Waals surface area contributed by atoms with Gasteiger partial charge in [0.05, 0.1) is 12.5 Å². The molecule has 174 valence electrons. The second-order valence-corrected chi connectivity index (χ2v) is 8.23. The predicted molar refractivity (Wildman–Crippen MR) is 124 cm³/mol. The summed E-state index contributed by atoms with van der Waals surface area (Å²) in [7, 11) is 1.50. The van der Waals surface area contributed by atoms with Crippen molar-refractivity contribution in [2.24, 2.45) is 0 Å². The van der Waals surface area contributed by atoms with Crippen molar-refractivity contribution in [1.29, 1.82) is 0 Å². The fourth-order valence-corrected chi connectivity index (χ4v) is 3.71. The van der Waals surface area contributed by atoms with E-state index in [-0.39, 0.29) is 37.4 Å². The van der Waals surface area contributed by atoms with Gasteiger partial charge >= 0.3 is 41.6 Å². The Morgan fingerprint density at radius 2 is 1.76 bits per heavy atom. The first-order valence-corrected chi connectivity index (χ1v) is 10.6. The first kappa shape index (κ1) is 27.3. The topological polar surface area (TPSA) is 116 Å². The van der Waals surface area contributed by atoms with E-state index in [0.717, 1.165) is 16.7 Å². The van der Waals surface area contributed by atoms with Crippen molar-refractivity contribution in [3.05, 3.63) is 82.6 Å². The van der Waals surface area contributed by atoms with Crippen LogP contribution in [0.1, 0.15) is 43.1 Å². The Hall–Kier alpha value is -2.94. The average molecular weight is 474 g/mol. The molecule has 0 fully saturated rings. The maximum absolute atomic E-state index is 12.6. The van der Waals surface area contributed by atoms with Crippen molar-refractivity contribution in [2.75, 3.05) is 7.05 Å². The van der Waals surface area contributed by atoms with E-state index in [9.17, 15) is 24.3 Å². The van der Waals surface area contributed by atoms with Crippen LogP contribution in [0, 0.1) is 6.92 Å². The van der Waals surface area contributed by atoms with Crippen molar-refractivity contribution in [3.63, 3.8) is 0 Å². The monoisotopic (exact) mass is 473 g/mol. The molecule has 1 heterocycles. The normalized spacial score (nSPS) is 16.3. The van der Waals surface area contributed by atoms with E-state index in [0.29, 0.717) is 17.6 Å². The minimum absolute atomic E-state index is 0. The number of hydrogen-bond acceptors (Lipinski definition) is 4. The van der Waals surface area contributed by atoms with Crippen molar-refractivity contribution < 1.29 is 55.3 Å². The third kappa shape index (κ3) is 7.03. The molecule has 3 rings (SSSR count). The molecule has 8 nitrogen and oxygen atoms in total. The van der Waals surface area contributed by atoms with E-state index in [1.165, 1.54) is 18.1 Å². The summed E-state index contributed by atoms with van der Waals surface area (Å²) in [5.74, 6) is -2.15. The number of likely N-dealkylation sites (N-methyl/N-ethyl adjacent to an activating group) is 1. The maximum Gasteiger partial charge on any atom is 1.00 e. The summed E-state index contributed by atoms with van der Waals surface area (Å²) in [6, 6.07) is 12.5. The molecular weight excluding hydrogens is 445 g/mol. The number of carbonyl (C=O) groups is 4. The number of urea groups is 1. The SMILES string of the molecule is CC1=CN(C)C(=O)C(NC(=O)NC(CC(=O)O)c2cccc(Cc3ccc(C)cc3)c2)C1=O.[H-].[Na+]. The fraction of sp³-hybridized carbons (Fsp3) is 0.280. The number of rotatable bonds is 7. The Morgan fingerprint density at radius 3 is 2.41 bits per heavy atom. The zero-order chi connectivity index (χ0) is 24.1.